The van der Waals surface area contributed by atoms with E-state index in [1.807, 2.05) is 109 Å². The molecular weight excluding hydrogens is 730 g/mol. The highest BCUT2D eigenvalue weighted by atomic mass is 16.8. The molecule has 4 aliphatic rings. The fraction of sp³-hybridized carbons (Fsp3) is 0.341. The number of hydroxylamine groups is 2. The number of nitrogens with one attached hydrogen (secondary N) is 2. The second-order valence-corrected chi connectivity index (χ2v) is 14.9. The molecule has 4 aromatic carbocycles. The zero-order valence-corrected chi connectivity index (χ0v) is 31.3. The smallest absolute Gasteiger partial charge is 0.327 e. The molecule has 57 heavy (non-hydrogen) atoms. The molecule has 0 spiro atoms. The Bertz CT molecular complexity index is 2090. The lowest BCUT2D eigenvalue weighted by molar-refractivity contribution is -0.213. The van der Waals surface area contributed by atoms with Crippen molar-refractivity contribution in [2.75, 3.05) is 13.2 Å². The number of carbonyl (C=O) groups is 3. The lowest BCUT2D eigenvalue weighted by atomic mass is 9.62. The zero-order valence-electron chi connectivity index (χ0n) is 31.3. The van der Waals surface area contributed by atoms with Crippen LogP contribution in [0.3, 0.4) is 0 Å². The monoisotopic (exact) mass is 775 g/mol. The van der Waals surface area contributed by atoms with Crippen molar-refractivity contribution < 1.29 is 48.8 Å². The number of benzene rings is 4. The molecule has 13 nitrogen and oxygen atoms in total. The summed E-state index contributed by atoms with van der Waals surface area (Å²) in [6.45, 7) is 1.01. The van der Waals surface area contributed by atoms with Gasteiger partial charge in [0, 0.05) is 24.1 Å². The molecule has 4 fully saturated rings. The summed E-state index contributed by atoms with van der Waals surface area (Å²) in [5.41, 5.74) is 2.09. The molecule has 2 amide bonds. The first kappa shape index (κ1) is 38.5. The minimum absolute atomic E-state index is 0.0203. The van der Waals surface area contributed by atoms with E-state index < -0.39 is 71.6 Å². The molecular formula is C44H45N3O10. The van der Waals surface area contributed by atoms with Gasteiger partial charge in [-0.1, -0.05) is 115 Å². The van der Waals surface area contributed by atoms with Gasteiger partial charge in [-0.05, 0) is 36.1 Å². The quantitative estimate of drug-likeness (QED) is 0.126. The summed E-state index contributed by atoms with van der Waals surface area (Å²) in [4.78, 5) is 49.4. The number of phenolic OH excluding ortho intramolecular Hbond substituents is 1. The molecule has 8 atom stereocenters. The normalized spacial score (nSPS) is 27.0. The molecule has 13 heteroatoms. The van der Waals surface area contributed by atoms with Crippen molar-refractivity contribution in [3.63, 3.8) is 0 Å². The average molecular weight is 776 g/mol. The van der Waals surface area contributed by atoms with E-state index in [1.54, 1.807) is 12.1 Å². The molecule has 4 aromatic rings. The second kappa shape index (κ2) is 15.9. The van der Waals surface area contributed by atoms with Crippen LogP contribution in [0.2, 0.25) is 0 Å². The second-order valence-electron chi connectivity index (χ2n) is 14.9. The molecule has 0 aromatic heterocycles. The molecule has 0 radical (unpaired) electrons. The van der Waals surface area contributed by atoms with Crippen molar-refractivity contribution in [2.45, 2.75) is 74.7 Å². The van der Waals surface area contributed by atoms with E-state index in [2.05, 4.69) is 10.6 Å². The van der Waals surface area contributed by atoms with Crippen molar-refractivity contribution in [1.82, 2.24) is 15.7 Å². The minimum atomic E-state index is -1.66. The molecule has 3 heterocycles. The van der Waals surface area contributed by atoms with Crippen LogP contribution in [0.25, 0.3) is 6.08 Å². The van der Waals surface area contributed by atoms with E-state index >= 15 is 0 Å². The third-order valence-electron chi connectivity index (χ3n) is 11.4. The predicted octanol–water partition coefficient (Wildman–Crippen LogP) is 3.11. The number of hydrogen-bond donors (Lipinski definition) is 5. The van der Waals surface area contributed by atoms with Crippen molar-refractivity contribution in [2.24, 2.45) is 5.41 Å². The van der Waals surface area contributed by atoms with E-state index in [0.717, 1.165) is 16.7 Å². The number of ether oxygens (including phenoxy) is 3. The van der Waals surface area contributed by atoms with Crippen molar-refractivity contribution in [1.29, 1.82) is 0 Å². The number of aliphatic hydroxyl groups excluding tert-OH is 2. The molecule has 3 aliphatic heterocycles. The summed E-state index contributed by atoms with van der Waals surface area (Å²) >= 11 is 0. The van der Waals surface area contributed by atoms with Gasteiger partial charge < -0.3 is 40.2 Å². The SMILES string of the molecule is C[C@H](O)[C@@H](NC(=O)[C@@]12C[C@H]3OC(=O)[C@@H]1N(Cc1ccccc1C=CCc1ccccc1O)O[C@@H]2[C@H]1OC(c2ccccc2)(c2ccccc2)O[C@H]13)C(=O)NCCO. The Morgan fingerprint density at radius 3 is 2.19 bits per heavy atom. The largest absolute Gasteiger partial charge is 0.508 e. The Balaban J connectivity index is 1.19. The van der Waals surface area contributed by atoms with Gasteiger partial charge in [-0.2, -0.15) is 5.06 Å². The molecule has 2 bridgehead atoms. The Morgan fingerprint density at radius 2 is 1.53 bits per heavy atom. The fourth-order valence-electron chi connectivity index (χ4n) is 8.66. The van der Waals surface area contributed by atoms with Crippen LogP contribution in [-0.4, -0.2) is 93.9 Å². The average Bonchev–Trinajstić information content (AvgIpc) is 3.81. The standard InChI is InChI=1S/C44H45N3O10/c1-27(49)35(40(51)45-23-24-48)46-42(53)43-25-34-36-37(56-44(55-36,31-18-4-2-5-19-31)32-20-6-3-7-21-32)39(43)57-47(38(43)41(52)54-34)26-30-15-9-8-13-28(30)16-12-17-29-14-10-11-22-33(29)50/h2-16,18-22,27,34-39,48-50H,17,23-26H2,1H3,(H,45,51)(H,46,53)/t27-,34+,35+,36-,37-,38-,39+,43-/m0/s1. The van der Waals surface area contributed by atoms with E-state index in [-0.39, 0.29) is 31.9 Å². The van der Waals surface area contributed by atoms with Crippen LogP contribution in [0.1, 0.15) is 41.2 Å². The highest BCUT2D eigenvalue weighted by Crippen LogP contribution is 2.59. The molecule has 8 rings (SSSR count). The number of nitrogens with zero attached hydrogens (tertiary/aromatic N) is 1. The Labute approximate surface area is 329 Å². The number of amides is 2. The third-order valence-corrected chi connectivity index (χ3v) is 11.4. The molecule has 1 aliphatic carbocycles. The van der Waals surface area contributed by atoms with Crippen LogP contribution in [0.15, 0.2) is 115 Å². The summed E-state index contributed by atoms with van der Waals surface area (Å²) < 4.78 is 20.1. The maximum atomic E-state index is 15.0. The Kier molecular flexibility index (Phi) is 10.7. The Morgan fingerprint density at radius 1 is 0.895 bits per heavy atom. The van der Waals surface area contributed by atoms with Crippen LogP contribution in [0.5, 0.6) is 5.75 Å². The fourth-order valence-corrected chi connectivity index (χ4v) is 8.66. The predicted molar refractivity (Wildman–Crippen MR) is 206 cm³/mol. The Hall–Kier alpha value is -5.41. The van der Waals surface area contributed by atoms with E-state index in [0.29, 0.717) is 17.5 Å². The number of hydrogen-bond acceptors (Lipinski definition) is 11. The maximum absolute atomic E-state index is 15.0. The van der Waals surface area contributed by atoms with Gasteiger partial charge in [-0.25, -0.2) is 0 Å². The van der Waals surface area contributed by atoms with Crippen molar-refractivity contribution in [3.05, 3.63) is 143 Å². The number of phenols is 1. The van der Waals surface area contributed by atoms with Crippen LogP contribution >= 0.6 is 0 Å². The van der Waals surface area contributed by atoms with Gasteiger partial charge >= 0.3 is 5.97 Å². The van der Waals surface area contributed by atoms with Crippen molar-refractivity contribution >= 4 is 23.9 Å². The van der Waals surface area contributed by atoms with Gasteiger partial charge in [0.15, 0.2) is 6.04 Å². The number of esters is 1. The number of para-hydroxylation sites is 1. The molecule has 1 saturated carbocycles. The van der Waals surface area contributed by atoms with E-state index in [4.69, 9.17) is 19.0 Å². The van der Waals surface area contributed by atoms with Gasteiger partial charge in [0.2, 0.25) is 17.6 Å². The first-order chi connectivity index (χ1) is 27.7. The lowest BCUT2D eigenvalue weighted by Crippen LogP contribution is -2.71. The van der Waals surface area contributed by atoms with E-state index in [1.165, 1.54) is 12.0 Å². The number of rotatable bonds is 13. The minimum Gasteiger partial charge on any atom is -0.508 e. The van der Waals surface area contributed by atoms with Gasteiger partial charge in [0.1, 0.15) is 41.6 Å². The molecule has 0 unspecified atom stereocenters. The van der Waals surface area contributed by atoms with Gasteiger partial charge in [-0.15, -0.1) is 0 Å². The highest BCUT2D eigenvalue weighted by Gasteiger charge is 2.76. The summed E-state index contributed by atoms with van der Waals surface area (Å²) in [6.07, 6.45) is -0.847. The molecule has 296 valence electrons. The van der Waals surface area contributed by atoms with Gasteiger partial charge in [-0.3, -0.25) is 19.2 Å². The number of fused-ring (bicyclic) bond motifs is 4. The first-order valence-electron chi connectivity index (χ1n) is 19.2. The van der Waals surface area contributed by atoms with Crippen LogP contribution in [0.4, 0.5) is 0 Å². The molecule has 3 saturated heterocycles. The topological polar surface area (TPSA) is 176 Å². The lowest BCUT2D eigenvalue weighted by Gasteiger charge is -2.49. The highest BCUT2D eigenvalue weighted by molar-refractivity contribution is 5.96. The zero-order chi connectivity index (χ0) is 39.7. The number of carbonyl (C=O) groups excluding carboxylic acids is 3. The first-order valence-corrected chi connectivity index (χ1v) is 19.2. The van der Waals surface area contributed by atoms with Crippen LogP contribution in [0, 0.1) is 5.41 Å². The number of aromatic hydroxyl groups is 1. The summed E-state index contributed by atoms with van der Waals surface area (Å²) in [7, 11) is 0. The summed E-state index contributed by atoms with van der Waals surface area (Å²) in [6, 6.07) is 30.8. The number of aliphatic hydroxyl groups is 2. The number of allylic oxidation sites excluding steroid dienone is 1. The summed E-state index contributed by atoms with van der Waals surface area (Å²) in [5, 5.41) is 37.1. The molecule has 5 N–H and O–H groups in total. The van der Waals surface area contributed by atoms with Gasteiger partial charge in [0.25, 0.3) is 0 Å². The van der Waals surface area contributed by atoms with Crippen molar-refractivity contribution in [3.8, 4) is 5.75 Å². The van der Waals surface area contributed by atoms with Crippen LogP contribution < -0.4 is 10.6 Å². The van der Waals surface area contributed by atoms with E-state index in [9.17, 15) is 29.7 Å². The summed E-state index contributed by atoms with van der Waals surface area (Å²) in [5.74, 6) is -3.35. The van der Waals surface area contributed by atoms with Gasteiger partial charge in [0.05, 0.1) is 19.3 Å². The maximum Gasteiger partial charge on any atom is 0.327 e. The van der Waals surface area contributed by atoms with Crippen LogP contribution in [-0.2, 0) is 52.2 Å². The third kappa shape index (κ3) is 6.90.